The van der Waals surface area contributed by atoms with Crippen LogP contribution in [0, 0.1) is 0 Å². The Bertz CT molecular complexity index is 325. The van der Waals surface area contributed by atoms with E-state index in [1.165, 1.54) is 12.4 Å². The van der Waals surface area contributed by atoms with E-state index in [2.05, 4.69) is 23.8 Å². The van der Waals surface area contributed by atoms with E-state index in [0.717, 1.165) is 12.8 Å². The summed E-state index contributed by atoms with van der Waals surface area (Å²) in [5.74, 6) is 0.623. The van der Waals surface area contributed by atoms with Crippen molar-refractivity contribution < 1.29 is 9.53 Å². The molecule has 1 rings (SSSR count). The molecule has 5 heteroatoms. The van der Waals surface area contributed by atoms with Gasteiger partial charge in [-0.05, 0) is 13.8 Å². The highest BCUT2D eigenvalue weighted by Crippen LogP contribution is 2.10. The van der Waals surface area contributed by atoms with Crippen LogP contribution < -0.4 is 4.90 Å². The summed E-state index contributed by atoms with van der Waals surface area (Å²) >= 11 is 0. The monoisotopic (exact) mass is 223 g/mol. The van der Waals surface area contributed by atoms with E-state index in [-0.39, 0.29) is 6.04 Å². The molecule has 0 aliphatic heterocycles. The van der Waals surface area contributed by atoms with Crippen LogP contribution >= 0.6 is 0 Å². The second-order valence-corrected chi connectivity index (χ2v) is 3.71. The fourth-order valence-corrected chi connectivity index (χ4v) is 1.32. The molecule has 0 saturated heterocycles. The summed E-state index contributed by atoms with van der Waals surface area (Å²) < 4.78 is 5.04. The summed E-state index contributed by atoms with van der Waals surface area (Å²) in [5.41, 5.74) is 0.485. The highest BCUT2D eigenvalue weighted by atomic mass is 16.5. The zero-order valence-corrected chi connectivity index (χ0v) is 9.88. The first kappa shape index (κ1) is 12.6. The van der Waals surface area contributed by atoms with Crippen LogP contribution in [-0.4, -0.2) is 42.6 Å². The predicted octanol–water partition coefficient (Wildman–Crippen LogP) is 1.15. The van der Waals surface area contributed by atoms with E-state index < -0.39 is 0 Å². The number of rotatable bonds is 6. The number of hydrogen-bond acceptors (Lipinski definition) is 5. The van der Waals surface area contributed by atoms with E-state index >= 15 is 0 Å². The zero-order valence-electron chi connectivity index (χ0n) is 9.88. The highest BCUT2D eigenvalue weighted by molar-refractivity contribution is 5.73. The van der Waals surface area contributed by atoms with Gasteiger partial charge >= 0.3 is 0 Å². The molecule has 16 heavy (non-hydrogen) atoms. The van der Waals surface area contributed by atoms with Gasteiger partial charge in [-0.2, -0.15) is 0 Å². The average Bonchev–Trinajstić information content (AvgIpc) is 2.30. The van der Waals surface area contributed by atoms with Gasteiger partial charge in [0.25, 0.3) is 0 Å². The molecule has 1 heterocycles. The molecule has 0 unspecified atom stereocenters. The van der Waals surface area contributed by atoms with Crippen LogP contribution in [0.25, 0.3) is 0 Å². The first-order chi connectivity index (χ1) is 7.69. The normalized spacial score (nSPS) is 10.5. The number of aromatic nitrogens is 2. The summed E-state index contributed by atoms with van der Waals surface area (Å²) in [5, 5.41) is 0. The Labute approximate surface area is 95.5 Å². The van der Waals surface area contributed by atoms with Crippen molar-refractivity contribution >= 4 is 12.2 Å². The molecular weight excluding hydrogens is 206 g/mol. The van der Waals surface area contributed by atoms with Crippen molar-refractivity contribution in [1.82, 2.24) is 9.97 Å². The Morgan fingerprint density at radius 2 is 2.06 bits per heavy atom. The molecule has 0 atom stereocenters. The first-order valence-electron chi connectivity index (χ1n) is 5.21. The van der Waals surface area contributed by atoms with Gasteiger partial charge in [0.05, 0.1) is 12.2 Å². The van der Waals surface area contributed by atoms with Gasteiger partial charge in [-0.15, -0.1) is 0 Å². The molecule has 5 nitrogen and oxygen atoms in total. The second kappa shape index (κ2) is 6.17. The SMILES string of the molecule is COCCN(c1ncc(C=O)cn1)C(C)C. The number of aldehydes is 1. The van der Waals surface area contributed by atoms with E-state index in [1.54, 1.807) is 7.11 Å². The molecular formula is C11H17N3O2. The third-order valence-corrected chi connectivity index (χ3v) is 2.21. The minimum absolute atomic E-state index is 0.289. The maximum absolute atomic E-state index is 10.5. The van der Waals surface area contributed by atoms with Crippen LogP contribution in [0.5, 0.6) is 0 Å². The van der Waals surface area contributed by atoms with Gasteiger partial charge in [0.15, 0.2) is 6.29 Å². The van der Waals surface area contributed by atoms with Gasteiger partial charge in [0.2, 0.25) is 5.95 Å². The zero-order chi connectivity index (χ0) is 12.0. The third-order valence-electron chi connectivity index (χ3n) is 2.21. The van der Waals surface area contributed by atoms with Crippen LogP contribution in [0.2, 0.25) is 0 Å². The van der Waals surface area contributed by atoms with Gasteiger partial charge in [0, 0.05) is 32.1 Å². The lowest BCUT2D eigenvalue weighted by atomic mass is 10.3. The lowest BCUT2D eigenvalue weighted by molar-refractivity contribution is 0.112. The Kier molecular flexibility index (Phi) is 4.85. The Morgan fingerprint density at radius 1 is 1.44 bits per heavy atom. The number of anilines is 1. The van der Waals surface area contributed by atoms with Crippen LogP contribution in [0.1, 0.15) is 24.2 Å². The maximum atomic E-state index is 10.5. The lowest BCUT2D eigenvalue weighted by Crippen LogP contribution is -2.35. The van der Waals surface area contributed by atoms with Gasteiger partial charge in [-0.25, -0.2) is 9.97 Å². The van der Waals surface area contributed by atoms with Gasteiger partial charge < -0.3 is 9.64 Å². The topological polar surface area (TPSA) is 55.3 Å². The highest BCUT2D eigenvalue weighted by Gasteiger charge is 2.12. The first-order valence-corrected chi connectivity index (χ1v) is 5.21. The molecule has 0 fully saturated rings. The van der Waals surface area contributed by atoms with Crippen LogP contribution in [0.3, 0.4) is 0 Å². The molecule has 0 amide bonds. The number of ether oxygens (including phenoxy) is 1. The number of carbonyl (C=O) groups excluding carboxylic acids is 1. The summed E-state index contributed by atoms with van der Waals surface area (Å²) in [4.78, 5) is 20.8. The smallest absolute Gasteiger partial charge is 0.225 e. The Balaban J connectivity index is 2.79. The van der Waals surface area contributed by atoms with Crippen LogP contribution in [0.15, 0.2) is 12.4 Å². The summed E-state index contributed by atoms with van der Waals surface area (Å²) in [6, 6.07) is 0.289. The standard InChI is InChI=1S/C11H17N3O2/c1-9(2)14(4-5-16-3)11-12-6-10(8-15)7-13-11/h6-9H,4-5H2,1-3H3. The molecule has 0 radical (unpaired) electrons. The fraction of sp³-hybridized carbons (Fsp3) is 0.545. The van der Waals surface area contributed by atoms with E-state index in [0.29, 0.717) is 18.1 Å². The van der Waals surface area contributed by atoms with Crippen molar-refractivity contribution in [2.45, 2.75) is 19.9 Å². The minimum Gasteiger partial charge on any atom is -0.383 e. The number of carbonyl (C=O) groups is 1. The summed E-state index contributed by atoms with van der Waals surface area (Å²) in [7, 11) is 1.66. The van der Waals surface area contributed by atoms with Crippen molar-refractivity contribution in [2.24, 2.45) is 0 Å². The van der Waals surface area contributed by atoms with Crippen molar-refractivity contribution in [3.05, 3.63) is 18.0 Å². The molecule has 1 aromatic rings. The molecule has 0 N–H and O–H groups in total. The maximum Gasteiger partial charge on any atom is 0.225 e. The molecule has 0 aliphatic carbocycles. The van der Waals surface area contributed by atoms with Gasteiger partial charge in [-0.1, -0.05) is 0 Å². The number of methoxy groups -OCH3 is 1. The average molecular weight is 223 g/mol. The molecule has 88 valence electrons. The van der Waals surface area contributed by atoms with Crippen molar-refractivity contribution in [3.63, 3.8) is 0 Å². The van der Waals surface area contributed by atoms with E-state index in [4.69, 9.17) is 4.74 Å². The lowest BCUT2D eigenvalue weighted by Gasteiger charge is -2.26. The minimum atomic E-state index is 0.289. The van der Waals surface area contributed by atoms with Gasteiger partial charge in [-0.3, -0.25) is 4.79 Å². The molecule has 0 aliphatic rings. The Hall–Kier alpha value is -1.49. The Morgan fingerprint density at radius 3 is 2.50 bits per heavy atom. The van der Waals surface area contributed by atoms with Crippen LogP contribution in [0.4, 0.5) is 5.95 Å². The van der Waals surface area contributed by atoms with Crippen molar-refractivity contribution in [2.75, 3.05) is 25.2 Å². The molecule has 0 spiro atoms. The van der Waals surface area contributed by atoms with Gasteiger partial charge in [0.1, 0.15) is 0 Å². The number of nitrogens with zero attached hydrogens (tertiary/aromatic N) is 3. The summed E-state index contributed by atoms with van der Waals surface area (Å²) in [6.07, 6.45) is 3.79. The molecule has 0 bridgehead atoms. The molecule has 0 aromatic carbocycles. The third kappa shape index (κ3) is 3.27. The molecule has 0 saturated carbocycles. The van der Waals surface area contributed by atoms with Crippen molar-refractivity contribution in [1.29, 1.82) is 0 Å². The predicted molar refractivity (Wildman–Crippen MR) is 61.8 cm³/mol. The quantitative estimate of drug-likeness (QED) is 0.677. The number of hydrogen-bond donors (Lipinski definition) is 0. The second-order valence-electron chi connectivity index (χ2n) is 3.71. The van der Waals surface area contributed by atoms with E-state index in [9.17, 15) is 4.79 Å². The van der Waals surface area contributed by atoms with E-state index in [1.807, 2.05) is 4.90 Å². The fourth-order valence-electron chi connectivity index (χ4n) is 1.32. The van der Waals surface area contributed by atoms with Crippen LogP contribution in [-0.2, 0) is 4.74 Å². The summed E-state index contributed by atoms with van der Waals surface area (Å²) in [6.45, 7) is 5.48. The molecule has 1 aromatic heterocycles. The largest absolute Gasteiger partial charge is 0.383 e. The van der Waals surface area contributed by atoms with Crippen molar-refractivity contribution in [3.8, 4) is 0 Å².